The maximum atomic E-state index is 14.3. The number of hydrogen-bond acceptors (Lipinski definition) is 5. The van der Waals surface area contributed by atoms with Crippen molar-refractivity contribution in [3.8, 4) is 5.75 Å². The van der Waals surface area contributed by atoms with Crippen LogP contribution in [0.3, 0.4) is 0 Å². The molecule has 1 saturated carbocycles. The van der Waals surface area contributed by atoms with Crippen molar-refractivity contribution in [2.45, 2.75) is 68.9 Å². The fourth-order valence-electron chi connectivity index (χ4n) is 6.94. The molecular weight excluding hydrogens is 494 g/mol. The highest BCUT2D eigenvalue weighted by Gasteiger charge is 2.73. The first kappa shape index (κ1) is 25.6. The lowest BCUT2D eigenvalue weighted by atomic mass is 9.74. The Labute approximate surface area is 228 Å². The zero-order valence-corrected chi connectivity index (χ0v) is 22.3. The average Bonchev–Trinajstić information content (AvgIpc) is 3.61. The minimum atomic E-state index is -1.19. The third kappa shape index (κ3) is 4.31. The minimum absolute atomic E-state index is 0.0856. The van der Waals surface area contributed by atoms with Crippen LogP contribution in [-0.2, 0) is 19.1 Å². The number of benzene rings is 2. The molecule has 2 N–H and O–H groups in total. The lowest BCUT2D eigenvalue weighted by molar-refractivity contribution is -0.143. The van der Waals surface area contributed by atoms with Crippen LogP contribution in [0, 0.1) is 11.8 Å². The number of amides is 3. The predicted octanol–water partition coefficient (Wildman–Crippen LogP) is 3.99. The van der Waals surface area contributed by atoms with Crippen LogP contribution in [0.4, 0.5) is 5.69 Å². The third-order valence-electron chi connectivity index (χ3n) is 8.87. The summed E-state index contributed by atoms with van der Waals surface area (Å²) >= 11 is 0. The molecule has 6 rings (SSSR count). The summed E-state index contributed by atoms with van der Waals surface area (Å²) in [6.45, 7) is 1.94. The number of nitrogens with one attached hydrogen (secondary N) is 2. The number of carbonyl (C=O) groups excluding carboxylic acids is 3. The first-order valence-corrected chi connectivity index (χ1v) is 13.9. The van der Waals surface area contributed by atoms with E-state index in [2.05, 4.69) is 10.6 Å². The van der Waals surface area contributed by atoms with E-state index in [0.29, 0.717) is 11.4 Å². The second-order valence-corrected chi connectivity index (χ2v) is 11.1. The lowest BCUT2D eigenvalue weighted by Crippen LogP contribution is -2.56. The predicted molar refractivity (Wildman–Crippen MR) is 146 cm³/mol. The highest BCUT2D eigenvalue weighted by atomic mass is 16.5. The molecule has 0 aromatic heterocycles. The van der Waals surface area contributed by atoms with Gasteiger partial charge in [-0.15, -0.1) is 0 Å². The topological polar surface area (TPSA) is 97.0 Å². The van der Waals surface area contributed by atoms with Gasteiger partial charge in [0.1, 0.15) is 17.4 Å². The Kier molecular flexibility index (Phi) is 6.67. The molecule has 39 heavy (non-hydrogen) atoms. The van der Waals surface area contributed by atoms with Crippen LogP contribution < -0.4 is 15.4 Å². The molecule has 4 unspecified atom stereocenters. The molecule has 3 heterocycles. The lowest BCUT2D eigenvalue weighted by Gasteiger charge is -2.37. The Morgan fingerprint density at radius 1 is 1.03 bits per heavy atom. The molecule has 204 valence electrons. The maximum absolute atomic E-state index is 14.3. The van der Waals surface area contributed by atoms with Gasteiger partial charge in [-0.2, -0.15) is 0 Å². The van der Waals surface area contributed by atoms with Crippen molar-refractivity contribution in [2.75, 3.05) is 12.4 Å². The van der Waals surface area contributed by atoms with Crippen molar-refractivity contribution in [2.24, 2.45) is 11.8 Å². The van der Waals surface area contributed by atoms with Gasteiger partial charge in [-0.3, -0.25) is 14.4 Å². The Hall–Kier alpha value is -3.65. The summed E-state index contributed by atoms with van der Waals surface area (Å²) in [5.74, 6) is -1.59. The average molecular weight is 530 g/mol. The molecule has 3 amide bonds. The van der Waals surface area contributed by atoms with E-state index in [4.69, 9.17) is 9.47 Å². The van der Waals surface area contributed by atoms with Crippen molar-refractivity contribution < 1.29 is 23.9 Å². The minimum Gasteiger partial charge on any atom is -0.497 e. The van der Waals surface area contributed by atoms with Crippen molar-refractivity contribution in [1.82, 2.24) is 10.2 Å². The number of methoxy groups -OCH3 is 1. The second-order valence-electron chi connectivity index (χ2n) is 11.1. The molecule has 6 atom stereocenters. The number of carbonyl (C=O) groups is 3. The molecule has 1 aliphatic carbocycles. The van der Waals surface area contributed by atoms with Crippen LogP contribution in [0.1, 0.15) is 50.6 Å². The van der Waals surface area contributed by atoms with Gasteiger partial charge in [-0.1, -0.05) is 61.7 Å². The van der Waals surface area contributed by atoms with Gasteiger partial charge in [0.2, 0.25) is 17.7 Å². The Bertz CT molecular complexity index is 1270. The van der Waals surface area contributed by atoms with E-state index < -0.39 is 29.6 Å². The van der Waals surface area contributed by atoms with Crippen molar-refractivity contribution in [1.29, 1.82) is 0 Å². The molecule has 2 saturated heterocycles. The van der Waals surface area contributed by atoms with Crippen molar-refractivity contribution in [3.05, 3.63) is 72.3 Å². The van der Waals surface area contributed by atoms with E-state index in [9.17, 15) is 14.4 Å². The smallest absolute Gasteiger partial charge is 0.246 e. The second kappa shape index (κ2) is 10.2. The summed E-state index contributed by atoms with van der Waals surface area (Å²) in [7, 11) is 1.58. The first-order chi connectivity index (χ1) is 18.9. The van der Waals surface area contributed by atoms with Crippen LogP contribution >= 0.6 is 0 Å². The first-order valence-electron chi connectivity index (χ1n) is 13.9. The fraction of sp³-hybridized carbons (Fsp3) is 0.452. The van der Waals surface area contributed by atoms with Crippen molar-refractivity contribution in [3.63, 3.8) is 0 Å². The molecule has 3 aliphatic heterocycles. The van der Waals surface area contributed by atoms with Crippen LogP contribution in [0.15, 0.2) is 66.7 Å². The molecule has 8 heteroatoms. The molecule has 1 spiro atoms. The van der Waals surface area contributed by atoms with E-state index in [1.54, 1.807) is 36.3 Å². The van der Waals surface area contributed by atoms with Gasteiger partial charge in [-0.25, -0.2) is 0 Å². The number of fused-ring (bicyclic) bond motifs is 1. The summed E-state index contributed by atoms with van der Waals surface area (Å²) in [5, 5.41) is 6.20. The molecule has 2 aromatic rings. The molecule has 2 bridgehead atoms. The quantitative estimate of drug-likeness (QED) is 0.529. The monoisotopic (exact) mass is 529 g/mol. The van der Waals surface area contributed by atoms with Gasteiger partial charge in [0.15, 0.2) is 0 Å². The maximum Gasteiger partial charge on any atom is 0.246 e. The van der Waals surface area contributed by atoms with Gasteiger partial charge in [0.05, 0.1) is 31.1 Å². The van der Waals surface area contributed by atoms with Crippen LogP contribution in [0.2, 0.25) is 0 Å². The number of ether oxygens (including phenoxy) is 2. The largest absolute Gasteiger partial charge is 0.497 e. The molecule has 3 fully saturated rings. The highest BCUT2D eigenvalue weighted by Crippen LogP contribution is 2.56. The normalized spacial score (nSPS) is 30.2. The SMILES string of the molecule is COc1ccc(NC(=O)C2[C@@H]3C=CC4(O3)C(C(=O)NC3CCCCC3)N(C(C)c3ccccc3)C(=O)[C@H]24)cc1. The van der Waals surface area contributed by atoms with Crippen LogP contribution in [0.5, 0.6) is 5.75 Å². The Morgan fingerprint density at radius 3 is 2.44 bits per heavy atom. The van der Waals surface area contributed by atoms with E-state index in [-0.39, 0.29) is 29.8 Å². The van der Waals surface area contributed by atoms with E-state index in [1.807, 2.05) is 49.4 Å². The molecular formula is C31H35N3O5. The summed E-state index contributed by atoms with van der Waals surface area (Å²) < 4.78 is 11.7. The van der Waals surface area contributed by atoms with E-state index in [0.717, 1.165) is 31.2 Å². The van der Waals surface area contributed by atoms with Crippen LogP contribution in [-0.4, -0.2) is 53.5 Å². The summed E-state index contributed by atoms with van der Waals surface area (Å²) in [5.41, 5.74) is 0.342. The van der Waals surface area contributed by atoms with Gasteiger partial charge in [0.25, 0.3) is 0 Å². The number of likely N-dealkylation sites (tertiary alicyclic amines) is 1. The fourth-order valence-corrected chi connectivity index (χ4v) is 6.94. The summed E-state index contributed by atoms with van der Waals surface area (Å²) in [4.78, 5) is 43.6. The number of rotatable bonds is 7. The molecule has 2 aromatic carbocycles. The number of anilines is 1. The van der Waals surface area contributed by atoms with Gasteiger partial charge in [0, 0.05) is 11.7 Å². The van der Waals surface area contributed by atoms with Crippen LogP contribution in [0.25, 0.3) is 0 Å². The number of hydrogen-bond donors (Lipinski definition) is 2. The summed E-state index contributed by atoms with van der Waals surface area (Å²) in [6, 6.07) is 15.6. The molecule has 8 nitrogen and oxygen atoms in total. The highest BCUT2D eigenvalue weighted by molar-refractivity contribution is 6.03. The van der Waals surface area contributed by atoms with Gasteiger partial charge >= 0.3 is 0 Å². The zero-order valence-electron chi connectivity index (χ0n) is 22.3. The standard InChI is InChI=1S/C31H35N3O5/c1-19(20-9-5-3-6-10-20)34-27(29(36)33-21-11-7-4-8-12-21)31-18-17-24(39-31)25(26(31)30(34)37)28(35)32-22-13-15-23(38-2)16-14-22/h3,5-6,9-10,13-19,21,24-27H,4,7-8,11-12H2,1-2H3,(H,32,35)(H,33,36)/t19?,24-,25?,26-,27?,31?/m0/s1. The molecule has 0 radical (unpaired) electrons. The van der Waals surface area contributed by atoms with E-state index >= 15 is 0 Å². The number of nitrogens with zero attached hydrogens (tertiary/aromatic N) is 1. The van der Waals surface area contributed by atoms with Gasteiger partial charge < -0.3 is 25.0 Å². The summed E-state index contributed by atoms with van der Waals surface area (Å²) in [6.07, 6.45) is 8.34. The zero-order chi connectivity index (χ0) is 27.1. The molecule has 4 aliphatic rings. The van der Waals surface area contributed by atoms with Gasteiger partial charge in [-0.05, 0) is 49.6 Å². The third-order valence-corrected chi connectivity index (χ3v) is 8.87. The van der Waals surface area contributed by atoms with E-state index in [1.165, 1.54) is 6.42 Å². The Morgan fingerprint density at radius 2 is 1.74 bits per heavy atom. The van der Waals surface area contributed by atoms with Crippen molar-refractivity contribution >= 4 is 23.4 Å². The Balaban J connectivity index is 1.33.